The van der Waals surface area contributed by atoms with Crippen LogP contribution < -0.4 is 10.1 Å². The van der Waals surface area contributed by atoms with E-state index in [9.17, 15) is 9.59 Å². The van der Waals surface area contributed by atoms with Crippen molar-refractivity contribution >= 4 is 17.7 Å². The molecular formula is C15H20N2O4. The summed E-state index contributed by atoms with van der Waals surface area (Å²) in [5, 5.41) is 11.5. The number of carboxylic acids is 1. The largest absolute Gasteiger partial charge is 0.494 e. The predicted octanol–water partition coefficient (Wildman–Crippen LogP) is 2.56. The van der Waals surface area contributed by atoms with E-state index in [0.29, 0.717) is 12.3 Å². The molecule has 0 bridgehead atoms. The molecule has 0 unspecified atom stereocenters. The number of amides is 2. The minimum atomic E-state index is -0.894. The van der Waals surface area contributed by atoms with Gasteiger partial charge in [-0.05, 0) is 44.0 Å². The lowest BCUT2D eigenvalue weighted by Gasteiger charge is -2.22. The first-order valence-electron chi connectivity index (χ1n) is 7.12. The average molecular weight is 292 g/mol. The van der Waals surface area contributed by atoms with Gasteiger partial charge >= 0.3 is 12.0 Å². The van der Waals surface area contributed by atoms with E-state index < -0.39 is 5.97 Å². The quantitative estimate of drug-likeness (QED) is 0.809. The van der Waals surface area contributed by atoms with Gasteiger partial charge in [0.2, 0.25) is 0 Å². The predicted molar refractivity (Wildman–Crippen MR) is 78.6 cm³/mol. The zero-order valence-corrected chi connectivity index (χ0v) is 12.0. The molecular weight excluding hydrogens is 272 g/mol. The molecule has 0 radical (unpaired) electrons. The van der Waals surface area contributed by atoms with Gasteiger partial charge in [-0.3, -0.25) is 4.79 Å². The fourth-order valence-electron chi connectivity index (χ4n) is 2.05. The van der Waals surface area contributed by atoms with Crippen LogP contribution in [0.25, 0.3) is 0 Å². The first kappa shape index (κ1) is 15.2. The Kier molecular flexibility index (Phi) is 5.03. The van der Waals surface area contributed by atoms with Crippen LogP contribution in [0.5, 0.6) is 5.75 Å². The maximum absolute atomic E-state index is 12.2. The van der Waals surface area contributed by atoms with Crippen molar-refractivity contribution in [3.8, 4) is 5.75 Å². The van der Waals surface area contributed by atoms with Crippen LogP contribution in [-0.2, 0) is 4.79 Å². The van der Waals surface area contributed by atoms with Crippen molar-refractivity contribution in [2.24, 2.45) is 0 Å². The van der Waals surface area contributed by atoms with E-state index in [0.717, 1.165) is 18.6 Å². The highest BCUT2D eigenvalue weighted by molar-refractivity contribution is 5.90. The first-order valence-corrected chi connectivity index (χ1v) is 7.12. The second-order valence-electron chi connectivity index (χ2n) is 4.96. The van der Waals surface area contributed by atoms with Gasteiger partial charge in [0.05, 0.1) is 13.0 Å². The number of anilines is 1. The number of carbonyl (C=O) groups excluding carboxylic acids is 1. The maximum Gasteiger partial charge on any atom is 0.322 e. The van der Waals surface area contributed by atoms with Crippen molar-refractivity contribution in [3.63, 3.8) is 0 Å². The Hall–Kier alpha value is -2.24. The van der Waals surface area contributed by atoms with Crippen LogP contribution in [0.4, 0.5) is 10.5 Å². The molecule has 1 saturated carbocycles. The molecule has 0 heterocycles. The molecule has 0 aromatic heterocycles. The van der Waals surface area contributed by atoms with Crippen molar-refractivity contribution in [2.45, 2.75) is 32.2 Å². The number of rotatable bonds is 7. The fraction of sp³-hybridized carbons (Fsp3) is 0.467. The first-order chi connectivity index (χ1) is 10.1. The van der Waals surface area contributed by atoms with Crippen LogP contribution in [0.15, 0.2) is 24.3 Å². The lowest BCUT2D eigenvalue weighted by Crippen LogP contribution is -2.38. The number of urea groups is 1. The average Bonchev–Trinajstić information content (AvgIpc) is 3.26. The molecule has 1 fully saturated rings. The monoisotopic (exact) mass is 292 g/mol. The zero-order chi connectivity index (χ0) is 15.2. The highest BCUT2D eigenvalue weighted by atomic mass is 16.5. The van der Waals surface area contributed by atoms with Crippen LogP contribution in [0.3, 0.4) is 0 Å². The summed E-state index contributed by atoms with van der Waals surface area (Å²) < 4.78 is 5.34. The number of nitrogens with one attached hydrogen (secondary N) is 1. The SMILES string of the molecule is CCOc1ccc(NC(=O)N(CCC(=O)O)C2CC2)cc1. The number of hydrogen-bond donors (Lipinski definition) is 2. The normalized spacial score (nSPS) is 13.6. The second kappa shape index (κ2) is 6.97. The summed E-state index contributed by atoms with van der Waals surface area (Å²) in [6, 6.07) is 7.04. The van der Waals surface area contributed by atoms with Gasteiger partial charge in [0.1, 0.15) is 5.75 Å². The Morgan fingerprint density at radius 3 is 2.52 bits per heavy atom. The molecule has 114 valence electrons. The van der Waals surface area contributed by atoms with Gasteiger partial charge in [0, 0.05) is 18.3 Å². The molecule has 0 atom stereocenters. The van der Waals surface area contributed by atoms with Gasteiger partial charge in [0.25, 0.3) is 0 Å². The summed E-state index contributed by atoms with van der Waals surface area (Å²) >= 11 is 0. The summed E-state index contributed by atoms with van der Waals surface area (Å²) in [4.78, 5) is 24.5. The third-order valence-electron chi connectivity index (χ3n) is 3.23. The molecule has 6 heteroatoms. The molecule has 0 aliphatic heterocycles. The summed E-state index contributed by atoms with van der Waals surface area (Å²) in [5.74, 6) is -0.144. The summed E-state index contributed by atoms with van der Waals surface area (Å²) in [7, 11) is 0. The Bertz CT molecular complexity index is 497. The zero-order valence-electron chi connectivity index (χ0n) is 12.0. The Balaban J connectivity index is 1.92. The van der Waals surface area contributed by atoms with E-state index in [4.69, 9.17) is 9.84 Å². The lowest BCUT2D eigenvalue weighted by atomic mass is 10.3. The minimum absolute atomic E-state index is 0.0345. The number of carbonyl (C=O) groups is 2. The van der Waals surface area contributed by atoms with Crippen molar-refractivity contribution in [2.75, 3.05) is 18.5 Å². The molecule has 2 rings (SSSR count). The number of ether oxygens (including phenoxy) is 1. The van der Waals surface area contributed by atoms with Gasteiger partial charge in [-0.15, -0.1) is 0 Å². The number of hydrogen-bond acceptors (Lipinski definition) is 3. The standard InChI is InChI=1S/C15H20N2O4/c1-2-21-13-7-3-11(4-8-13)16-15(20)17(12-5-6-12)10-9-14(18)19/h3-4,7-8,12H,2,5-6,9-10H2,1H3,(H,16,20)(H,18,19). The number of nitrogens with zero attached hydrogens (tertiary/aromatic N) is 1. The highest BCUT2D eigenvalue weighted by Crippen LogP contribution is 2.27. The van der Waals surface area contributed by atoms with Crippen molar-refractivity contribution in [1.82, 2.24) is 4.90 Å². The molecule has 1 aliphatic carbocycles. The van der Waals surface area contributed by atoms with E-state index in [1.807, 2.05) is 6.92 Å². The Morgan fingerprint density at radius 2 is 2.00 bits per heavy atom. The van der Waals surface area contributed by atoms with Gasteiger partial charge in [0.15, 0.2) is 0 Å². The molecule has 1 aliphatic rings. The van der Waals surface area contributed by atoms with Crippen molar-refractivity contribution in [3.05, 3.63) is 24.3 Å². The van der Waals surface area contributed by atoms with Crippen molar-refractivity contribution in [1.29, 1.82) is 0 Å². The molecule has 0 spiro atoms. The fourth-order valence-corrected chi connectivity index (χ4v) is 2.05. The third-order valence-corrected chi connectivity index (χ3v) is 3.23. The third kappa shape index (κ3) is 4.66. The van der Waals surface area contributed by atoms with Crippen LogP contribution in [0.1, 0.15) is 26.2 Å². The van der Waals surface area contributed by atoms with Crippen LogP contribution in [-0.4, -0.2) is 41.2 Å². The Morgan fingerprint density at radius 1 is 1.33 bits per heavy atom. The number of benzene rings is 1. The molecule has 6 nitrogen and oxygen atoms in total. The van der Waals surface area contributed by atoms with E-state index in [1.165, 1.54) is 0 Å². The van der Waals surface area contributed by atoms with E-state index in [1.54, 1.807) is 29.2 Å². The number of carboxylic acid groups (broad SMARTS) is 1. The smallest absolute Gasteiger partial charge is 0.322 e. The molecule has 2 N–H and O–H groups in total. The van der Waals surface area contributed by atoms with E-state index in [-0.39, 0.29) is 25.0 Å². The summed E-state index contributed by atoms with van der Waals surface area (Å²) in [6.07, 6.45) is 1.85. The molecule has 1 aromatic rings. The van der Waals surface area contributed by atoms with Gasteiger partial charge in [-0.25, -0.2) is 4.79 Å². The Labute approximate surface area is 123 Å². The van der Waals surface area contributed by atoms with Gasteiger partial charge < -0.3 is 20.1 Å². The maximum atomic E-state index is 12.2. The van der Waals surface area contributed by atoms with E-state index in [2.05, 4.69) is 5.32 Å². The lowest BCUT2D eigenvalue weighted by molar-refractivity contribution is -0.137. The van der Waals surface area contributed by atoms with Gasteiger partial charge in [-0.2, -0.15) is 0 Å². The second-order valence-corrected chi connectivity index (χ2v) is 4.96. The molecule has 21 heavy (non-hydrogen) atoms. The molecule has 0 saturated heterocycles. The molecule has 2 amide bonds. The van der Waals surface area contributed by atoms with Crippen LogP contribution >= 0.6 is 0 Å². The topological polar surface area (TPSA) is 78.9 Å². The minimum Gasteiger partial charge on any atom is -0.494 e. The highest BCUT2D eigenvalue weighted by Gasteiger charge is 2.32. The molecule has 1 aromatic carbocycles. The summed E-state index contributed by atoms with van der Waals surface area (Å²) in [6.45, 7) is 2.74. The van der Waals surface area contributed by atoms with Gasteiger partial charge in [-0.1, -0.05) is 0 Å². The van der Waals surface area contributed by atoms with E-state index >= 15 is 0 Å². The number of aliphatic carboxylic acids is 1. The van der Waals surface area contributed by atoms with Crippen molar-refractivity contribution < 1.29 is 19.4 Å². The van der Waals surface area contributed by atoms with Crippen LogP contribution in [0.2, 0.25) is 0 Å². The van der Waals surface area contributed by atoms with Crippen LogP contribution in [0, 0.1) is 0 Å². The summed E-state index contributed by atoms with van der Waals surface area (Å²) in [5.41, 5.74) is 0.671.